The first kappa shape index (κ1) is 45.4. The minimum Gasteiger partial charge on any atom is -0.261 e. The third-order valence-corrected chi connectivity index (χ3v) is 15.5. The molecule has 362 valence electrons. The summed E-state index contributed by atoms with van der Waals surface area (Å²) in [4.78, 5) is 47.6. The zero-order chi connectivity index (χ0) is 51.1. The second-order valence-corrected chi connectivity index (χ2v) is 20.9. The van der Waals surface area contributed by atoms with Gasteiger partial charge in [-0.25, -0.2) is 39.9 Å². The number of anilines is 6. The summed E-state index contributed by atoms with van der Waals surface area (Å²) in [5.41, 5.74) is 21.0. The second-order valence-electron chi connectivity index (χ2n) is 20.9. The molecule has 12 nitrogen and oxygen atoms in total. The predicted molar refractivity (Wildman–Crippen MR) is 297 cm³/mol. The molecule has 4 aromatic heterocycles. The van der Waals surface area contributed by atoms with Gasteiger partial charge in [0.15, 0.2) is 11.6 Å². The number of hydrogen-bond donors (Lipinski definition) is 0. The molecular formula is C63H50N12. The first-order chi connectivity index (χ1) is 36.4. The van der Waals surface area contributed by atoms with Crippen molar-refractivity contribution in [3.05, 3.63) is 227 Å². The molecule has 0 saturated heterocycles. The van der Waals surface area contributed by atoms with Crippen molar-refractivity contribution in [3.8, 4) is 33.4 Å². The number of rotatable bonds is 10. The Morgan fingerprint density at radius 3 is 0.907 bits per heavy atom. The van der Waals surface area contributed by atoms with Gasteiger partial charge >= 0.3 is 0 Å². The molecule has 0 bridgehead atoms. The maximum atomic E-state index is 4.59. The van der Waals surface area contributed by atoms with Crippen molar-refractivity contribution in [3.63, 3.8) is 0 Å². The van der Waals surface area contributed by atoms with Crippen LogP contribution in [0.5, 0.6) is 0 Å². The van der Waals surface area contributed by atoms with Crippen LogP contribution in [0.15, 0.2) is 172 Å². The van der Waals surface area contributed by atoms with Crippen molar-refractivity contribution in [1.82, 2.24) is 49.8 Å². The van der Waals surface area contributed by atoms with E-state index in [1.807, 2.05) is 9.80 Å². The normalized spacial score (nSPS) is 14.7. The summed E-state index contributed by atoms with van der Waals surface area (Å²) in [6, 6.07) is 40.6. The summed E-state index contributed by atoms with van der Waals surface area (Å²) in [6.07, 6.45) is 25.1. The Balaban J connectivity index is 0.731. The molecule has 3 aliphatic rings. The third kappa shape index (κ3) is 7.59. The average molecular weight is 975 g/mol. The maximum absolute atomic E-state index is 4.59. The number of aromatic nitrogens is 10. The van der Waals surface area contributed by atoms with Crippen LogP contribution in [0.2, 0.25) is 0 Å². The molecule has 4 heterocycles. The Bertz CT molecular complexity index is 3600. The number of hydrogen-bond acceptors (Lipinski definition) is 12. The first-order valence-corrected chi connectivity index (χ1v) is 25.0. The molecule has 0 N–H and O–H groups in total. The molecule has 75 heavy (non-hydrogen) atoms. The van der Waals surface area contributed by atoms with Crippen molar-refractivity contribution in [2.24, 2.45) is 0 Å². The summed E-state index contributed by atoms with van der Waals surface area (Å²) in [5.74, 6) is 2.21. The highest BCUT2D eigenvalue weighted by molar-refractivity contribution is 5.89. The van der Waals surface area contributed by atoms with Crippen molar-refractivity contribution in [1.29, 1.82) is 0 Å². The Hall–Kier alpha value is -9.42. The molecule has 13 rings (SSSR count). The summed E-state index contributed by atoms with van der Waals surface area (Å²) in [7, 11) is 0. The van der Waals surface area contributed by atoms with E-state index in [0.29, 0.717) is 23.5 Å². The Morgan fingerprint density at radius 1 is 0.320 bits per heavy atom. The fraction of sp³-hybridized carbons (Fsp3) is 0.143. The van der Waals surface area contributed by atoms with Crippen LogP contribution in [0.1, 0.15) is 97.2 Å². The monoisotopic (exact) mass is 974 g/mol. The van der Waals surface area contributed by atoms with Gasteiger partial charge in [-0.1, -0.05) is 151 Å². The van der Waals surface area contributed by atoms with Gasteiger partial charge < -0.3 is 0 Å². The molecule has 0 atom stereocenters. The summed E-state index contributed by atoms with van der Waals surface area (Å²) in [6.45, 7) is 13.9. The molecule has 0 saturated carbocycles. The van der Waals surface area contributed by atoms with Crippen LogP contribution < -0.4 is 9.80 Å². The van der Waals surface area contributed by atoms with Crippen LogP contribution >= 0.6 is 0 Å². The zero-order valence-electron chi connectivity index (χ0n) is 42.3. The molecule has 3 aliphatic carbocycles. The van der Waals surface area contributed by atoms with Gasteiger partial charge in [0.25, 0.3) is 0 Å². The Kier molecular flexibility index (Phi) is 10.5. The van der Waals surface area contributed by atoms with E-state index in [1.165, 1.54) is 103 Å². The van der Waals surface area contributed by atoms with Crippen LogP contribution in [-0.2, 0) is 16.2 Å². The lowest BCUT2D eigenvalue weighted by molar-refractivity contribution is 0.660. The molecular weight excluding hydrogens is 925 g/mol. The Morgan fingerprint density at radius 2 is 0.613 bits per heavy atom. The van der Waals surface area contributed by atoms with E-state index >= 15 is 0 Å². The quantitative estimate of drug-likeness (QED) is 0.121. The molecule has 0 radical (unpaired) electrons. The number of fused-ring (bicyclic) bond motifs is 9. The van der Waals surface area contributed by atoms with E-state index in [2.05, 4.69) is 225 Å². The van der Waals surface area contributed by atoms with Gasteiger partial charge in [-0.2, -0.15) is 0 Å². The minimum absolute atomic E-state index is 0.179. The van der Waals surface area contributed by atoms with Crippen molar-refractivity contribution < 1.29 is 0 Å². The van der Waals surface area contributed by atoms with E-state index in [1.54, 1.807) is 37.2 Å². The highest BCUT2D eigenvalue weighted by Gasteiger charge is 2.39. The highest BCUT2D eigenvalue weighted by atomic mass is 15.3. The molecule has 10 aromatic rings. The van der Waals surface area contributed by atoms with Gasteiger partial charge in [0, 0.05) is 41.0 Å². The first-order valence-electron chi connectivity index (χ1n) is 25.0. The molecule has 0 fully saturated rings. The predicted octanol–water partition coefficient (Wildman–Crippen LogP) is 13.8. The smallest absolute Gasteiger partial charge is 0.238 e. The van der Waals surface area contributed by atoms with E-state index in [-0.39, 0.29) is 16.2 Å². The molecule has 0 spiro atoms. The van der Waals surface area contributed by atoms with Crippen molar-refractivity contribution in [2.75, 3.05) is 9.80 Å². The van der Waals surface area contributed by atoms with Gasteiger partial charge in [-0.3, -0.25) is 19.8 Å². The van der Waals surface area contributed by atoms with Gasteiger partial charge in [-0.05, 0) is 113 Å². The third-order valence-electron chi connectivity index (χ3n) is 15.5. The van der Waals surface area contributed by atoms with E-state index in [4.69, 9.17) is 0 Å². The van der Waals surface area contributed by atoms with E-state index in [9.17, 15) is 0 Å². The van der Waals surface area contributed by atoms with Crippen molar-refractivity contribution >= 4 is 59.2 Å². The van der Waals surface area contributed by atoms with Crippen LogP contribution in [0.3, 0.4) is 0 Å². The van der Waals surface area contributed by atoms with Gasteiger partial charge in [0.1, 0.15) is 25.3 Å². The lowest BCUT2D eigenvalue weighted by Crippen LogP contribution is -2.18. The van der Waals surface area contributed by atoms with E-state index < -0.39 is 0 Å². The topological polar surface area (TPSA) is 135 Å². The average Bonchev–Trinajstić information content (AvgIpc) is 4.05. The second kappa shape index (κ2) is 17.4. The maximum Gasteiger partial charge on any atom is 0.238 e. The molecule has 0 amide bonds. The minimum atomic E-state index is -0.258. The summed E-state index contributed by atoms with van der Waals surface area (Å²) in [5, 5.41) is 0. The summed E-state index contributed by atoms with van der Waals surface area (Å²) >= 11 is 0. The van der Waals surface area contributed by atoms with Crippen LogP contribution in [0.4, 0.5) is 34.9 Å². The highest BCUT2D eigenvalue weighted by Crippen LogP contribution is 2.53. The van der Waals surface area contributed by atoms with Gasteiger partial charge in [-0.15, -0.1) is 0 Å². The zero-order valence-corrected chi connectivity index (χ0v) is 42.3. The van der Waals surface area contributed by atoms with Gasteiger partial charge in [0.2, 0.25) is 11.9 Å². The van der Waals surface area contributed by atoms with Crippen LogP contribution in [0.25, 0.3) is 57.7 Å². The number of nitrogens with zero attached hydrogens (tertiary/aromatic N) is 12. The largest absolute Gasteiger partial charge is 0.261 e. The molecule has 0 aliphatic heterocycles. The lowest BCUT2D eigenvalue weighted by atomic mass is 9.81. The van der Waals surface area contributed by atoms with Crippen LogP contribution in [-0.4, -0.2) is 49.8 Å². The molecule has 0 unspecified atom stereocenters. The fourth-order valence-corrected chi connectivity index (χ4v) is 11.5. The van der Waals surface area contributed by atoms with E-state index in [0.717, 1.165) is 22.5 Å². The van der Waals surface area contributed by atoms with Crippen molar-refractivity contribution in [2.45, 2.75) is 57.8 Å². The van der Waals surface area contributed by atoms with Gasteiger partial charge in [0.05, 0.1) is 23.8 Å². The van der Waals surface area contributed by atoms with Crippen LogP contribution in [0, 0.1) is 0 Å². The molecule has 12 heteroatoms. The summed E-state index contributed by atoms with van der Waals surface area (Å²) < 4.78 is 0. The SMILES string of the molecule is CC1(C)c2cc(/C=C/c3ccc4c(c3)C(C)(C)c3cc(N(c5cnccn5)c5ncncn5)ccc3-4)ccc2-c2ccc(/C=C/c3ccc4c(c3)C(C)(C)c3cc(N(c5cnccn5)c5ncncn5)ccc3-4)cc21. The lowest BCUT2D eigenvalue weighted by Gasteiger charge is -2.25. The fourth-order valence-electron chi connectivity index (χ4n) is 11.5. The number of benzene rings is 6. The Labute approximate surface area is 435 Å². The molecule has 6 aromatic carbocycles. The standard InChI is InChI=1S/C63H50N12/c1-61(2)51-27-39(7-9-41-13-19-47-49-21-15-43(31-55(49)62(3,4)53(47)29-41)74(57-33-64-23-25-68-57)59-70-35-66-36-71-59)11-17-45(51)46-18-12-40(28-52(46)61)8-10-42-14-20-48-50-22-16-44(32-56(50)63(5,6)54(48)30-42)75(58-34-65-24-26-69-58)60-72-37-67-38-73-60/h7-38H,1-6H3/b9-7+,10-8+.